The maximum atomic E-state index is 13.8. The molecule has 4 aromatic rings. The predicted octanol–water partition coefficient (Wildman–Crippen LogP) is 4.92. The maximum absolute atomic E-state index is 13.8. The van der Waals surface area contributed by atoms with E-state index < -0.39 is 6.04 Å². The summed E-state index contributed by atoms with van der Waals surface area (Å²) in [6, 6.07) is 15.5. The van der Waals surface area contributed by atoms with Crippen LogP contribution in [0.1, 0.15) is 44.4 Å². The highest BCUT2D eigenvalue weighted by Gasteiger charge is 2.42. The van der Waals surface area contributed by atoms with Crippen LogP contribution in [-0.4, -0.2) is 36.7 Å². The molecule has 1 aliphatic rings. The van der Waals surface area contributed by atoms with Crippen molar-refractivity contribution in [2.24, 2.45) is 0 Å². The van der Waals surface area contributed by atoms with Crippen molar-refractivity contribution in [3.8, 4) is 17.2 Å². The normalized spacial score (nSPS) is 14.8. The number of aromatic hydroxyl groups is 1. The molecule has 2 heterocycles. The van der Waals surface area contributed by atoms with E-state index in [1.807, 2.05) is 44.2 Å². The van der Waals surface area contributed by atoms with Gasteiger partial charge in [0.2, 0.25) is 5.76 Å². The van der Waals surface area contributed by atoms with Crippen LogP contribution in [0.3, 0.4) is 0 Å². The lowest BCUT2D eigenvalue weighted by atomic mass is 9.97. The minimum atomic E-state index is -0.678. The fourth-order valence-electron chi connectivity index (χ4n) is 4.76. The quantitative estimate of drug-likeness (QED) is 0.417. The number of carbonyl (C=O) groups is 1. The SMILES string of the molecule is COc1ccc(CCN2C(=O)c3oc4cc(C)c(C)cc4c(=O)c3C2c2ccc(O)c(OC)c2)cc1. The molecule has 0 aliphatic carbocycles. The summed E-state index contributed by atoms with van der Waals surface area (Å²) in [5.41, 5.74) is 4.10. The molecule has 5 rings (SSSR count). The molecule has 1 atom stereocenters. The lowest BCUT2D eigenvalue weighted by Crippen LogP contribution is -2.31. The third-order valence-corrected chi connectivity index (χ3v) is 6.90. The van der Waals surface area contributed by atoms with Crippen molar-refractivity contribution in [2.45, 2.75) is 26.3 Å². The standard InChI is InChI=1S/C29H27NO6/c1-16-13-21-23(14-17(16)2)36-28-25(27(21)32)26(19-7-10-22(31)24(15-19)35-4)30(29(28)33)12-11-18-5-8-20(34-3)9-6-18/h5-10,13-15,26,31H,11-12H2,1-4H3. The molecule has 1 amide bonds. The van der Waals surface area contributed by atoms with Crippen molar-refractivity contribution >= 4 is 16.9 Å². The van der Waals surface area contributed by atoms with Crippen LogP contribution in [0.15, 0.2) is 63.8 Å². The first-order valence-corrected chi connectivity index (χ1v) is 11.7. The Labute approximate surface area is 208 Å². The van der Waals surface area contributed by atoms with Crippen LogP contribution >= 0.6 is 0 Å². The number of hydrogen-bond donors (Lipinski definition) is 1. The van der Waals surface area contributed by atoms with Crippen LogP contribution in [0.2, 0.25) is 0 Å². The minimum Gasteiger partial charge on any atom is -0.504 e. The molecule has 1 aliphatic heterocycles. The van der Waals surface area contributed by atoms with E-state index in [2.05, 4.69) is 0 Å². The third-order valence-electron chi connectivity index (χ3n) is 6.90. The molecule has 0 saturated heterocycles. The molecular formula is C29H27NO6. The number of benzene rings is 3. The Kier molecular flexibility index (Phi) is 5.92. The summed E-state index contributed by atoms with van der Waals surface area (Å²) < 4.78 is 16.6. The summed E-state index contributed by atoms with van der Waals surface area (Å²) >= 11 is 0. The summed E-state index contributed by atoms with van der Waals surface area (Å²) in [6.45, 7) is 4.24. The average Bonchev–Trinajstić information content (AvgIpc) is 3.16. The Balaban J connectivity index is 1.64. The molecule has 0 saturated carbocycles. The van der Waals surface area contributed by atoms with Gasteiger partial charge in [0.1, 0.15) is 11.3 Å². The van der Waals surface area contributed by atoms with E-state index >= 15 is 0 Å². The van der Waals surface area contributed by atoms with Gasteiger partial charge in [0.05, 0.1) is 31.2 Å². The smallest absolute Gasteiger partial charge is 0.290 e. The number of carbonyl (C=O) groups excluding carboxylic acids is 1. The molecule has 36 heavy (non-hydrogen) atoms. The molecule has 3 aromatic carbocycles. The van der Waals surface area contributed by atoms with Gasteiger partial charge >= 0.3 is 0 Å². The van der Waals surface area contributed by atoms with Crippen LogP contribution in [0.25, 0.3) is 11.0 Å². The summed E-state index contributed by atoms with van der Waals surface area (Å²) in [4.78, 5) is 29.1. The van der Waals surface area contributed by atoms with Gasteiger partial charge < -0.3 is 23.9 Å². The molecule has 1 unspecified atom stereocenters. The maximum Gasteiger partial charge on any atom is 0.290 e. The summed E-state index contributed by atoms with van der Waals surface area (Å²) in [7, 11) is 3.07. The van der Waals surface area contributed by atoms with Gasteiger partial charge in [0, 0.05) is 6.54 Å². The topological polar surface area (TPSA) is 89.2 Å². The van der Waals surface area contributed by atoms with Crippen molar-refractivity contribution in [2.75, 3.05) is 20.8 Å². The highest BCUT2D eigenvalue weighted by Crippen LogP contribution is 2.41. The number of hydrogen-bond acceptors (Lipinski definition) is 6. The average molecular weight is 486 g/mol. The Morgan fingerprint density at radius 2 is 1.67 bits per heavy atom. The highest BCUT2D eigenvalue weighted by molar-refractivity contribution is 5.99. The minimum absolute atomic E-state index is 0.0211. The lowest BCUT2D eigenvalue weighted by molar-refractivity contribution is 0.0730. The summed E-state index contributed by atoms with van der Waals surface area (Å²) in [5, 5.41) is 10.6. The molecule has 7 heteroatoms. The molecule has 1 aromatic heterocycles. The lowest BCUT2D eigenvalue weighted by Gasteiger charge is -2.25. The van der Waals surface area contributed by atoms with Gasteiger partial charge in [0.25, 0.3) is 5.91 Å². The second-order valence-electron chi connectivity index (χ2n) is 9.04. The van der Waals surface area contributed by atoms with E-state index in [-0.39, 0.29) is 28.6 Å². The van der Waals surface area contributed by atoms with E-state index in [0.717, 1.165) is 22.4 Å². The van der Waals surface area contributed by atoms with Crippen molar-refractivity contribution in [1.82, 2.24) is 4.90 Å². The number of amides is 1. The van der Waals surface area contributed by atoms with Crippen molar-refractivity contribution < 1.29 is 23.8 Å². The molecule has 7 nitrogen and oxygen atoms in total. The van der Waals surface area contributed by atoms with Gasteiger partial charge in [-0.1, -0.05) is 18.2 Å². The largest absolute Gasteiger partial charge is 0.504 e. The first-order valence-electron chi connectivity index (χ1n) is 11.7. The Hall–Kier alpha value is -4.26. The molecule has 184 valence electrons. The van der Waals surface area contributed by atoms with Crippen molar-refractivity contribution in [1.29, 1.82) is 0 Å². The van der Waals surface area contributed by atoms with Gasteiger partial charge in [-0.3, -0.25) is 9.59 Å². The van der Waals surface area contributed by atoms with E-state index in [1.54, 1.807) is 30.2 Å². The third kappa shape index (κ3) is 3.86. The summed E-state index contributed by atoms with van der Waals surface area (Å²) in [5.74, 6) is 0.715. The molecule has 1 N–H and O–H groups in total. The number of ether oxygens (including phenoxy) is 2. The molecule has 0 fully saturated rings. The second kappa shape index (κ2) is 9.07. The first-order chi connectivity index (χ1) is 17.3. The predicted molar refractivity (Wildman–Crippen MR) is 136 cm³/mol. The fraction of sp³-hybridized carbons (Fsp3) is 0.241. The Bertz CT molecular complexity index is 1540. The Morgan fingerprint density at radius 3 is 2.36 bits per heavy atom. The molecule has 0 radical (unpaired) electrons. The highest BCUT2D eigenvalue weighted by atomic mass is 16.5. The number of methoxy groups -OCH3 is 2. The van der Waals surface area contributed by atoms with Gasteiger partial charge in [-0.05, 0) is 78.9 Å². The molecule has 0 bridgehead atoms. The van der Waals surface area contributed by atoms with Gasteiger partial charge in [-0.2, -0.15) is 0 Å². The zero-order valence-corrected chi connectivity index (χ0v) is 20.6. The van der Waals surface area contributed by atoms with Crippen LogP contribution in [-0.2, 0) is 6.42 Å². The first kappa shape index (κ1) is 23.5. The van der Waals surface area contributed by atoms with E-state index in [9.17, 15) is 14.7 Å². The van der Waals surface area contributed by atoms with Gasteiger partial charge in [0.15, 0.2) is 16.9 Å². The van der Waals surface area contributed by atoms with Crippen molar-refractivity contribution in [3.05, 3.63) is 98.4 Å². The second-order valence-corrected chi connectivity index (χ2v) is 9.04. The zero-order valence-electron chi connectivity index (χ0n) is 20.6. The van der Waals surface area contributed by atoms with Crippen LogP contribution < -0.4 is 14.9 Å². The van der Waals surface area contributed by atoms with E-state index in [0.29, 0.717) is 35.1 Å². The molecular weight excluding hydrogens is 458 g/mol. The molecule has 0 spiro atoms. The number of phenolic OH excluding ortho intramolecular Hbond substituents is 1. The van der Waals surface area contributed by atoms with Crippen molar-refractivity contribution in [3.63, 3.8) is 0 Å². The Morgan fingerprint density at radius 1 is 0.944 bits per heavy atom. The van der Waals surface area contributed by atoms with Crippen LogP contribution in [0, 0.1) is 13.8 Å². The number of nitrogens with zero attached hydrogens (tertiary/aromatic N) is 1. The van der Waals surface area contributed by atoms with E-state index in [4.69, 9.17) is 13.9 Å². The zero-order chi connectivity index (χ0) is 25.6. The van der Waals surface area contributed by atoms with Gasteiger partial charge in [-0.15, -0.1) is 0 Å². The number of phenols is 1. The number of fused-ring (bicyclic) bond motifs is 2. The monoisotopic (exact) mass is 485 g/mol. The summed E-state index contributed by atoms with van der Waals surface area (Å²) in [6.07, 6.45) is 0.571. The number of aryl methyl sites for hydroxylation is 2. The van der Waals surface area contributed by atoms with Gasteiger partial charge in [-0.25, -0.2) is 0 Å². The van der Waals surface area contributed by atoms with Crippen LogP contribution in [0.4, 0.5) is 0 Å². The fourth-order valence-corrected chi connectivity index (χ4v) is 4.76. The number of rotatable bonds is 6. The van der Waals surface area contributed by atoms with Crippen LogP contribution in [0.5, 0.6) is 17.2 Å². The van der Waals surface area contributed by atoms with E-state index in [1.165, 1.54) is 13.2 Å².